The number of para-hydroxylation sites is 1. The summed E-state index contributed by atoms with van der Waals surface area (Å²) in [5, 5.41) is 0. The molecule has 2 aromatic carbocycles. The van der Waals surface area contributed by atoms with Crippen molar-refractivity contribution >= 4 is 12.3 Å². The summed E-state index contributed by atoms with van der Waals surface area (Å²) in [5.74, 6) is 0.422. The highest BCUT2D eigenvalue weighted by Gasteiger charge is 2.15. The minimum atomic E-state index is -0.612. The van der Waals surface area contributed by atoms with Gasteiger partial charge in [-0.1, -0.05) is 18.2 Å². The van der Waals surface area contributed by atoms with Crippen LogP contribution in [0.25, 0.3) is 0 Å². The molecule has 0 saturated carbocycles. The maximum Gasteiger partial charge on any atom is 0.349 e. The third kappa shape index (κ3) is 4.10. The van der Waals surface area contributed by atoms with Crippen molar-refractivity contribution in [3.63, 3.8) is 0 Å². The first-order valence-corrected chi connectivity index (χ1v) is 7.08. The quantitative estimate of drug-likeness (QED) is 0.466. The zero-order valence-corrected chi connectivity index (χ0v) is 13.3. The Hall–Kier alpha value is -2.82. The fraction of sp³-hybridized carbons (Fsp3) is 0.222. The molecule has 0 saturated heterocycles. The fourth-order valence-electron chi connectivity index (χ4n) is 2.04. The first-order chi connectivity index (χ1) is 11.0. The smallest absolute Gasteiger partial charge is 0.349 e. The van der Waals surface area contributed by atoms with Gasteiger partial charge in [-0.15, -0.1) is 0 Å². The highest BCUT2D eigenvalue weighted by molar-refractivity contribution is 5.84. The van der Waals surface area contributed by atoms with Gasteiger partial charge < -0.3 is 14.2 Å². The maximum atomic E-state index is 12.0. The second-order valence-corrected chi connectivity index (χ2v) is 5.03. The highest BCUT2D eigenvalue weighted by atomic mass is 16.6. The Morgan fingerprint density at radius 1 is 1.13 bits per heavy atom. The molecule has 0 heterocycles. The van der Waals surface area contributed by atoms with E-state index in [0.717, 1.165) is 11.1 Å². The van der Waals surface area contributed by atoms with Gasteiger partial charge in [0.1, 0.15) is 5.75 Å². The lowest BCUT2D eigenvalue weighted by atomic mass is 10.1. The number of hydrogen-bond acceptors (Lipinski definition) is 5. The summed E-state index contributed by atoms with van der Waals surface area (Å²) >= 11 is 0. The first-order valence-electron chi connectivity index (χ1n) is 7.08. The van der Waals surface area contributed by atoms with Crippen molar-refractivity contribution in [2.45, 2.75) is 13.8 Å². The summed E-state index contributed by atoms with van der Waals surface area (Å²) in [5.41, 5.74) is 2.20. The molecule has 0 aliphatic carbocycles. The lowest BCUT2D eigenvalue weighted by molar-refractivity contribution is -0.136. The van der Waals surface area contributed by atoms with Crippen LogP contribution >= 0.6 is 0 Å². The number of benzene rings is 2. The predicted octanol–water partition coefficient (Wildman–Crippen LogP) is 3.11. The van der Waals surface area contributed by atoms with Gasteiger partial charge in [0.15, 0.2) is 24.4 Å². The third-order valence-electron chi connectivity index (χ3n) is 3.26. The molecule has 0 aromatic heterocycles. The number of aldehydes is 1. The van der Waals surface area contributed by atoms with Gasteiger partial charge in [-0.25, -0.2) is 4.79 Å². The van der Waals surface area contributed by atoms with Crippen molar-refractivity contribution in [2.75, 3.05) is 13.7 Å². The Labute approximate surface area is 134 Å². The van der Waals surface area contributed by atoms with Crippen LogP contribution in [0.2, 0.25) is 0 Å². The summed E-state index contributed by atoms with van der Waals surface area (Å²) in [6, 6.07) is 10.5. The molecule has 0 N–H and O–H groups in total. The molecule has 2 rings (SSSR count). The summed E-state index contributed by atoms with van der Waals surface area (Å²) in [6.45, 7) is 3.57. The molecule has 0 aliphatic heterocycles. The molecule has 0 atom stereocenters. The zero-order chi connectivity index (χ0) is 16.8. The molecule has 120 valence electrons. The summed E-state index contributed by atoms with van der Waals surface area (Å²) < 4.78 is 15.8. The van der Waals surface area contributed by atoms with Crippen molar-refractivity contribution in [3.05, 3.63) is 53.1 Å². The van der Waals surface area contributed by atoms with Crippen molar-refractivity contribution in [3.8, 4) is 17.2 Å². The monoisotopic (exact) mass is 314 g/mol. The number of carbonyl (C=O) groups is 2. The second kappa shape index (κ2) is 7.45. The van der Waals surface area contributed by atoms with Gasteiger partial charge in [0.05, 0.1) is 12.7 Å². The van der Waals surface area contributed by atoms with Gasteiger partial charge >= 0.3 is 5.97 Å². The van der Waals surface area contributed by atoms with E-state index < -0.39 is 5.97 Å². The number of ether oxygens (including phenoxy) is 3. The Morgan fingerprint density at radius 3 is 2.61 bits per heavy atom. The van der Waals surface area contributed by atoms with Gasteiger partial charge in [-0.05, 0) is 43.2 Å². The van der Waals surface area contributed by atoms with E-state index in [1.807, 2.05) is 32.0 Å². The van der Waals surface area contributed by atoms with Crippen LogP contribution in [-0.2, 0) is 4.79 Å². The SMILES string of the molecule is COc1cccc(C=O)c1OC(=O)COc1cc(C)ccc1C. The standard InChI is InChI=1S/C18H18O5/c1-12-7-8-13(2)16(9-12)22-11-17(20)23-18-14(10-19)5-4-6-15(18)21-3/h4-10H,11H2,1-3H3. The van der Waals surface area contributed by atoms with Crippen LogP contribution in [0.3, 0.4) is 0 Å². The molecule has 23 heavy (non-hydrogen) atoms. The number of aryl methyl sites for hydroxylation is 2. The minimum Gasteiger partial charge on any atom is -0.493 e. The van der Waals surface area contributed by atoms with E-state index in [-0.39, 0.29) is 17.9 Å². The highest BCUT2D eigenvalue weighted by Crippen LogP contribution is 2.30. The van der Waals surface area contributed by atoms with E-state index in [1.54, 1.807) is 18.2 Å². The molecule has 0 aliphatic rings. The largest absolute Gasteiger partial charge is 0.493 e. The number of hydrogen-bond donors (Lipinski definition) is 0. The van der Waals surface area contributed by atoms with E-state index in [0.29, 0.717) is 17.8 Å². The molecule has 5 heteroatoms. The molecular weight excluding hydrogens is 296 g/mol. The molecule has 0 bridgehead atoms. The topological polar surface area (TPSA) is 61.8 Å². The molecule has 0 amide bonds. The lowest BCUT2D eigenvalue weighted by Gasteiger charge is -2.12. The number of carbonyl (C=O) groups excluding carboxylic acids is 2. The molecule has 2 aromatic rings. The summed E-state index contributed by atoms with van der Waals surface area (Å²) in [6.07, 6.45) is 0.608. The molecule has 5 nitrogen and oxygen atoms in total. The zero-order valence-electron chi connectivity index (χ0n) is 13.3. The molecule has 0 unspecified atom stereocenters. The average molecular weight is 314 g/mol. The molecule has 0 fully saturated rings. The molecule has 0 spiro atoms. The van der Waals surface area contributed by atoms with E-state index in [2.05, 4.69) is 0 Å². The Morgan fingerprint density at radius 2 is 1.91 bits per heavy atom. The van der Waals surface area contributed by atoms with Crippen molar-refractivity contribution < 1.29 is 23.8 Å². The fourth-order valence-corrected chi connectivity index (χ4v) is 2.04. The molecule has 0 radical (unpaired) electrons. The van der Waals surface area contributed by atoms with Gasteiger partial charge in [-0.2, -0.15) is 0 Å². The van der Waals surface area contributed by atoms with Gasteiger partial charge in [0.2, 0.25) is 0 Å². The predicted molar refractivity (Wildman–Crippen MR) is 85.4 cm³/mol. The number of rotatable bonds is 6. The van der Waals surface area contributed by atoms with Crippen molar-refractivity contribution in [1.29, 1.82) is 0 Å². The summed E-state index contributed by atoms with van der Waals surface area (Å²) in [4.78, 5) is 23.1. The van der Waals surface area contributed by atoms with Crippen molar-refractivity contribution in [2.24, 2.45) is 0 Å². The second-order valence-electron chi connectivity index (χ2n) is 5.03. The van der Waals surface area contributed by atoms with Crippen LogP contribution in [0.15, 0.2) is 36.4 Å². The van der Waals surface area contributed by atoms with E-state index in [9.17, 15) is 9.59 Å². The minimum absolute atomic E-state index is 0.0968. The number of esters is 1. The summed E-state index contributed by atoms with van der Waals surface area (Å²) in [7, 11) is 1.44. The van der Waals surface area contributed by atoms with Gasteiger partial charge in [0, 0.05) is 0 Å². The lowest BCUT2D eigenvalue weighted by Crippen LogP contribution is -2.19. The number of methoxy groups -OCH3 is 1. The van der Waals surface area contributed by atoms with Crippen molar-refractivity contribution in [1.82, 2.24) is 0 Å². The van der Waals surface area contributed by atoms with Crippen LogP contribution in [0.5, 0.6) is 17.2 Å². The van der Waals surface area contributed by atoms with E-state index >= 15 is 0 Å². The maximum absolute atomic E-state index is 12.0. The van der Waals surface area contributed by atoms with Gasteiger partial charge in [-0.3, -0.25) is 4.79 Å². The van der Waals surface area contributed by atoms with E-state index in [1.165, 1.54) is 7.11 Å². The van der Waals surface area contributed by atoms with Crippen LogP contribution in [0.1, 0.15) is 21.5 Å². The average Bonchev–Trinajstić information content (AvgIpc) is 2.55. The first kappa shape index (κ1) is 16.5. The van der Waals surface area contributed by atoms with Crippen LogP contribution in [-0.4, -0.2) is 26.0 Å². The third-order valence-corrected chi connectivity index (χ3v) is 3.26. The van der Waals surface area contributed by atoms with Gasteiger partial charge in [0.25, 0.3) is 0 Å². The van der Waals surface area contributed by atoms with Crippen LogP contribution in [0.4, 0.5) is 0 Å². The van der Waals surface area contributed by atoms with Crippen LogP contribution in [0, 0.1) is 13.8 Å². The Balaban J connectivity index is 2.08. The Kier molecular flexibility index (Phi) is 5.36. The normalized spacial score (nSPS) is 10.0. The molecular formula is C18H18O5. The Bertz CT molecular complexity index is 721. The van der Waals surface area contributed by atoms with E-state index in [4.69, 9.17) is 14.2 Å². The van der Waals surface area contributed by atoms with Crippen LogP contribution < -0.4 is 14.2 Å².